The van der Waals surface area contributed by atoms with E-state index in [4.69, 9.17) is 0 Å². The van der Waals surface area contributed by atoms with Crippen LogP contribution >= 0.6 is 22.7 Å². The van der Waals surface area contributed by atoms with Gasteiger partial charge in [-0.05, 0) is 123 Å². The molecule has 0 fully saturated rings. The highest BCUT2D eigenvalue weighted by molar-refractivity contribution is 7.27. The lowest BCUT2D eigenvalue weighted by Crippen LogP contribution is -2.57. The zero-order valence-electron chi connectivity index (χ0n) is 33.5. The number of rotatable bonds is 6. The maximum absolute atomic E-state index is 2.77. The number of hydrogen-bond donors (Lipinski definition) is 0. The molecule has 0 unspecified atom stereocenters. The largest absolute Gasteiger partial charge is 0.374 e. The van der Waals surface area contributed by atoms with Crippen LogP contribution in [-0.2, 0) is 6.42 Å². The lowest BCUT2D eigenvalue weighted by molar-refractivity contribution is 0.795. The fraction of sp³-hybridized carbons (Fsp3) is 0.0909. The van der Waals surface area contributed by atoms with E-state index in [0.29, 0.717) is 0 Å². The monoisotopic (exact) mass is 802 g/mol. The van der Waals surface area contributed by atoms with E-state index in [0.717, 1.165) is 6.42 Å². The molecule has 60 heavy (non-hydrogen) atoms. The molecule has 13 rings (SSSR count). The van der Waals surface area contributed by atoms with Crippen molar-refractivity contribution < 1.29 is 0 Å². The molecule has 0 bridgehead atoms. The smallest absolute Gasteiger partial charge is 0.333 e. The Hall–Kier alpha value is -6.40. The Balaban J connectivity index is 1.24. The number of aryl methyl sites for hydroxylation is 2. The SMILES string of the molecule is CCCCc1ccc(N2c3cc(-c4ccccc4C)cc4c3B(c3c2ccc2sc5ccccc5c32)n2c3c-4cccc3c3sc4ccccc4c32)c(-c2ccccc2)c1. The highest BCUT2D eigenvalue weighted by Crippen LogP contribution is 2.52. The van der Waals surface area contributed by atoms with Crippen molar-refractivity contribution in [1.29, 1.82) is 0 Å². The molecule has 0 N–H and O–H groups in total. The Bertz CT molecular complexity index is 3570. The first-order chi connectivity index (χ1) is 29.7. The second-order valence-corrected chi connectivity index (χ2v) is 18.8. The molecule has 0 aliphatic carbocycles. The first-order valence-corrected chi connectivity index (χ1v) is 22.9. The molecule has 8 aromatic carbocycles. The summed E-state index contributed by atoms with van der Waals surface area (Å²) in [6.45, 7) is 4.49. The zero-order valence-corrected chi connectivity index (χ0v) is 35.1. The van der Waals surface area contributed by atoms with Gasteiger partial charge in [0.05, 0.1) is 15.9 Å². The Kier molecular flexibility index (Phi) is 7.50. The molecule has 0 amide bonds. The van der Waals surface area contributed by atoms with Crippen LogP contribution in [0.25, 0.3) is 84.8 Å². The lowest BCUT2D eigenvalue weighted by Gasteiger charge is -2.42. The number of aromatic nitrogens is 1. The normalized spacial score (nSPS) is 13.0. The molecule has 2 aliphatic heterocycles. The molecule has 284 valence electrons. The predicted molar refractivity (Wildman–Crippen MR) is 262 cm³/mol. The van der Waals surface area contributed by atoms with Gasteiger partial charge in [-0.3, -0.25) is 0 Å². The fourth-order valence-corrected chi connectivity index (χ4v) is 13.0. The quantitative estimate of drug-likeness (QED) is 0.152. The lowest BCUT2D eigenvalue weighted by atomic mass is 9.44. The van der Waals surface area contributed by atoms with Crippen molar-refractivity contribution in [2.24, 2.45) is 0 Å². The van der Waals surface area contributed by atoms with Gasteiger partial charge in [0.25, 0.3) is 0 Å². The maximum Gasteiger partial charge on any atom is 0.333 e. The minimum atomic E-state index is -0.0502. The number of para-hydroxylation sites is 1. The van der Waals surface area contributed by atoms with E-state index in [1.807, 2.05) is 22.7 Å². The van der Waals surface area contributed by atoms with Crippen molar-refractivity contribution in [2.75, 3.05) is 4.90 Å². The van der Waals surface area contributed by atoms with Gasteiger partial charge in [-0.1, -0.05) is 129 Å². The summed E-state index contributed by atoms with van der Waals surface area (Å²) < 4.78 is 8.15. The Morgan fingerprint density at radius 1 is 0.500 bits per heavy atom. The first-order valence-electron chi connectivity index (χ1n) is 21.3. The number of benzene rings is 8. The Morgan fingerprint density at radius 3 is 2.08 bits per heavy atom. The number of unbranched alkanes of at least 4 members (excludes halogenated alkanes) is 1. The summed E-state index contributed by atoms with van der Waals surface area (Å²) in [6, 6.07) is 62.3. The van der Waals surface area contributed by atoms with E-state index in [1.54, 1.807) is 0 Å². The second-order valence-electron chi connectivity index (χ2n) is 16.6. The van der Waals surface area contributed by atoms with Gasteiger partial charge in [0.2, 0.25) is 0 Å². The van der Waals surface area contributed by atoms with Crippen molar-refractivity contribution in [3.63, 3.8) is 0 Å². The van der Waals surface area contributed by atoms with Crippen molar-refractivity contribution in [3.8, 4) is 33.4 Å². The average Bonchev–Trinajstić information content (AvgIpc) is 3.97. The minimum Gasteiger partial charge on any atom is -0.374 e. The minimum absolute atomic E-state index is 0.0502. The molecule has 11 aromatic rings. The molecule has 3 aromatic heterocycles. The van der Waals surface area contributed by atoms with Crippen LogP contribution in [0.2, 0.25) is 0 Å². The summed E-state index contributed by atoms with van der Waals surface area (Å²) in [4.78, 5) is 2.65. The third kappa shape index (κ3) is 4.76. The second kappa shape index (κ2) is 13.1. The highest BCUT2D eigenvalue weighted by Gasteiger charge is 2.45. The van der Waals surface area contributed by atoms with Crippen molar-refractivity contribution in [3.05, 3.63) is 175 Å². The van der Waals surface area contributed by atoms with Crippen molar-refractivity contribution in [1.82, 2.24) is 4.48 Å². The van der Waals surface area contributed by atoms with Crippen LogP contribution in [0.5, 0.6) is 0 Å². The topological polar surface area (TPSA) is 8.17 Å². The number of thiophene rings is 2. The summed E-state index contributed by atoms with van der Waals surface area (Å²) in [6.07, 6.45) is 3.42. The Morgan fingerprint density at radius 2 is 1.23 bits per heavy atom. The number of fused-ring (bicyclic) bond motifs is 13. The molecule has 0 spiro atoms. The van der Waals surface area contributed by atoms with E-state index in [2.05, 4.69) is 187 Å². The Labute approximate surface area is 357 Å². The molecule has 0 atom stereocenters. The van der Waals surface area contributed by atoms with E-state index in [1.165, 1.54) is 137 Å². The van der Waals surface area contributed by atoms with Crippen molar-refractivity contribution >= 4 is 109 Å². The van der Waals surface area contributed by atoms with Gasteiger partial charge < -0.3 is 9.38 Å². The number of hydrogen-bond acceptors (Lipinski definition) is 3. The number of nitrogens with zero attached hydrogens (tertiary/aromatic N) is 2. The van der Waals surface area contributed by atoms with E-state index >= 15 is 0 Å². The van der Waals surface area contributed by atoms with Gasteiger partial charge in [-0.15, -0.1) is 22.7 Å². The van der Waals surface area contributed by atoms with Gasteiger partial charge in [0, 0.05) is 52.9 Å². The van der Waals surface area contributed by atoms with Crippen molar-refractivity contribution in [2.45, 2.75) is 33.1 Å². The maximum atomic E-state index is 2.77. The fourth-order valence-electron chi connectivity index (χ4n) is 10.7. The van der Waals surface area contributed by atoms with Crippen LogP contribution < -0.4 is 15.8 Å². The molecule has 5 heterocycles. The van der Waals surface area contributed by atoms with Crippen LogP contribution in [0.1, 0.15) is 30.9 Å². The summed E-state index contributed by atoms with van der Waals surface area (Å²) in [5.74, 6) is 0. The van der Waals surface area contributed by atoms with Crippen LogP contribution in [0.15, 0.2) is 164 Å². The van der Waals surface area contributed by atoms with Gasteiger partial charge in [0.1, 0.15) is 0 Å². The molecule has 5 heteroatoms. The van der Waals surface area contributed by atoms with Crippen LogP contribution in [-0.4, -0.2) is 11.3 Å². The summed E-state index contributed by atoms with van der Waals surface area (Å²) in [7, 11) is 0. The predicted octanol–water partition coefficient (Wildman–Crippen LogP) is 14.8. The third-order valence-electron chi connectivity index (χ3n) is 13.3. The summed E-state index contributed by atoms with van der Waals surface area (Å²) in [5, 5.41) is 5.39. The van der Waals surface area contributed by atoms with Gasteiger partial charge in [-0.25, -0.2) is 0 Å². The average molecular weight is 803 g/mol. The van der Waals surface area contributed by atoms with Crippen LogP contribution in [0.4, 0.5) is 17.1 Å². The summed E-state index contributed by atoms with van der Waals surface area (Å²) >= 11 is 3.86. The van der Waals surface area contributed by atoms with Gasteiger partial charge in [-0.2, -0.15) is 0 Å². The van der Waals surface area contributed by atoms with E-state index in [9.17, 15) is 0 Å². The summed E-state index contributed by atoms with van der Waals surface area (Å²) in [5.41, 5.74) is 19.5. The third-order valence-corrected chi connectivity index (χ3v) is 15.6. The highest BCUT2D eigenvalue weighted by atomic mass is 32.1. The molecule has 0 saturated heterocycles. The molecule has 0 radical (unpaired) electrons. The van der Waals surface area contributed by atoms with E-state index in [-0.39, 0.29) is 6.85 Å². The van der Waals surface area contributed by atoms with E-state index < -0.39 is 0 Å². The molecular formula is C55H39BN2S2. The van der Waals surface area contributed by atoms with Gasteiger partial charge >= 0.3 is 6.85 Å². The molecular weight excluding hydrogens is 764 g/mol. The molecule has 0 saturated carbocycles. The standard InChI is InChI=1S/C55H39BN2S2/c1-3-4-16-34-26-27-44(42(30-34)35-17-6-5-7-18-35)57-45-28-29-49-50(39-20-10-12-24-47(39)59-49)52(45)56-51-43(31-36(32-46(51)57)37-19-9-8-15-33(37)2)38-22-14-23-41-53(38)58(56)54-40-21-11-13-25-48(40)60-55(41)54/h5-15,17-32H,3-4,16H2,1-2H3. The van der Waals surface area contributed by atoms with Crippen LogP contribution in [0, 0.1) is 6.92 Å². The van der Waals surface area contributed by atoms with Crippen LogP contribution in [0.3, 0.4) is 0 Å². The molecule has 2 nitrogen and oxygen atoms in total. The zero-order chi connectivity index (χ0) is 39.6. The first kappa shape index (κ1) is 34.5. The van der Waals surface area contributed by atoms with Gasteiger partial charge in [0.15, 0.2) is 0 Å². The number of anilines is 3. The molecule has 2 aliphatic rings.